The number of anilines is 2. The normalized spacial score (nSPS) is 19.2. The summed E-state index contributed by atoms with van der Waals surface area (Å²) in [5.41, 5.74) is 2.24. The van der Waals surface area contributed by atoms with Gasteiger partial charge in [0.1, 0.15) is 36.8 Å². The standard InChI is InChI=1S/C33H44ClN9O5/c1-24(20-42-23-35-22-37-42)48-31-19-25(3-8-28(31)34)29-9-10-36-33(38-29)39-30-21-43(40-32(30)47-18-17-46-16-15-44-2)27-6-4-26(5-7-27)41-11-13-45-14-12-41/h3,8-10,19,21-24,26-27H,4-7,11-18,20H2,1-2H3,(H,36,38,39)/t24-,26?,27?/m0/s1. The number of nitrogens with zero attached hydrogens (tertiary/aromatic N) is 8. The Balaban J connectivity index is 1.15. The first-order valence-electron chi connectivity index (χ1n) is 16.5. The summed E-state index contributed by atoms with van der Waals surface area (Å²) in [5, 5.41) is 12.9. The van der Waals surface area contributed by atoms with Gasteiger partial charge < -0.3 is 29.0 Å². The Morgan fingerprint density at radius 3 is 2.65 bits per heavy atom. The van der Waals surface area contributed by atoms with E-state index in [1.165, 1.54) is 6.33 Å². The molecule has 258 valence electrons. The van der Waals surface area contributed by atoms with Gasteiger partial charge >= 0.3 is 0 Å². The van der Waals surface area contributed by atoms with Crippen LogP contribution in [0.5, 0.6) is 11.6 Å². The van der Waals surface area contributed by atoms with E-state index in [1.807, 2.05) is 42.1 Å². The highest BCUT2D eigenvalue weighted by Gasteiger charge is 2.29. The van der Waals surface area contributed by atoms with Crippen LogP contribution in [0.15, 0.2) is 49.3 Å². The molecule has 2 aliphatic rings. The Morgan fingerprint density at radius 1 is 1.04 bits per heavy atom. The van der Waals surface area contributed by atoms with Crippen LogP contribution in [0, 0.1) is 0 Å². The number of benzene rings is 1. The van der Waals surface area contributed by atoms with Crippen LogP contribution in [0.4, 0.5) is 11.6 Å². The summed E-state index contributed by atoms with van der Waals surface area (Å²) in [5.74, 6) is 1.46. The molecule has 3 aromatic heterocycles. The summed E-state index contributed by atoms with van der Waals surface area (Å²) >= 11 is 6.51. The maximum absolute atomic E-state index is 6.51. The van der Waals surface area contributed by atoms with Crippen molar-refractivity contribution in [3.63, 3.8) is 0 Å². The van der Waals surface area contributed by atoms with E-state index in [0.29, 0.717) is 73.0 Å². The molecule has 0 bridgehead atoms. The van der Waals surface area contributed by atoms with Crippen molar-refractivity contribution in [2.75, 3.05) is 65.2 Å². The van der Waals surface area contributed by atoms with E-state index in [9.17, 15) is 0 Å². The van der Waals surface area contributed by atoms with Crippen molar-refractivity contribution in [1.29, 1.82) is 0 Å². The molecular formula is C33H44ClN9O5. The van der Waals surface area contributed by atoms with Gasteiger partial charge in [0.05, 0.1) is 62.5 Å². The number of hydrogen-bond acceptors (Lipinski definition) is 12. The third-order valence-corrected chi connectivity index (χ3v) is 8.88. The Hall–Kier alpha value is -3.82. The molecule has 0 radical (unpaired) electrons. The predicted octanol–water partition coefficient (Wildman–Crippen LogP) is 4.65. The minimum Gasteiger partial charge on any atom is -0.487 e. The van der Waals surface area contributed by atoms with Crippen molar-refractivity contribution in [1.82, 2.24) is 39.4 Å². The molecule has 0 unspecified atom stereocenters. The molecule has 15 heteroatoms. The lowest BCUT2D eigenvalue weighted by Crippen LogP contribution is -2.45. The third kappa shape index (κ3) is 9.20. The Labute approximate surface area is 285 Å². The lowest BCUT2D eigenvalue weighted by molar-refractivity contribution is 0.00501. The van der Waals surface area contributed by atoms with Crippen LogP contribution in [0.3, 0.4) is 0 Å². The van der Waals surface area contributed by atoms with E-state index in [4.69, 9.17) is 45.4 Å². The van der Waals surface area contributed by atoms with Crippen molar-refractivity contribution in [3.05, 3.63) is 54.3 Å². The fraction of sp³-hybridized carbons (Fsp3) is 0.545. The summed E-state index contributed by atoms with van der Waals surface area (Å²) in [6.07, 6.45) is 11.1. The van der Waals surface area contributed by atoms with E-state index >= 15 is 0 Å². The van der Waals surface area contributed by atoms with Crippen LogP contribution in [0.1, 0.15) is 38.6 Å². The van der Waals surface area contributed by atoms with Crippen molar-refractivity contribution >= 4 is 23.2 Å². The van der Waals surface area contributed by atoms with E-state index in [2.05, 4.69) is 25.3 Å². The fourth-order valence-electron chi connectivity index (χ4n) is 6.12. The largest absolute Gasteiger partial charge is 0.487 e. The zero-order valence-corrected chi connectivity index (χ0v) is 28.3. The minimum absolute atomic E-state index is 0.183. The number of ether oxygens (including phenoxy) is 5. The van der Waals surface area contributed by atoms with Crippen LogP contribution in [-0.2, 0) is 20.8 Å². The fourth-order valence-corrected chi connectivity index (χ4v) is 6.29. The Bertz CT molecular complexity index is 1560. The van der Waals surface area contributed by atoms with E-state index in [1.54, 1.807) is 24.3 Å². The van der Waals surface area contributed by atoms with Gasteiger partial charge in [0, 0.05) is 38.0 Å². The van der Waals surface area contributed by atoms with Gasteiger partial charge in [-0.05, 0) is 50.8 Å². The number of nitrogens with one attached hydrogen (secondary N) is 1. The topological polar surface area (TPSA) is 136 Å². The molecule has 1 atom stereocenters. The van der Waals surface area contributed by atoms with Gasteiger partial charge in [0.2, 0.25) is 5.95 Å². The van der Waals surface area contributed by atoms with Crippen molar-refractivity contribution in [2.45, 2.75) is 57.3 Å². The summed E-state index contributed by atoms with van der Waals surface area (Å²) in [6, 6.07) is 8.34. The summed E-state index contributed by atoms with van der Waals surface area (Å²) in [7, 11) is 1.65. The number of aromatic nitrogens is 7. The molecule has 2 fully saturated rings. The number of hydrogen-bond donors (Lipinski definition) is 1. The minimum atomic E-state index is -0.183. The smallest absolute Gasteiger partial charge is 0.257 e. The van der Waals surface area contributed by atoms with Gasteiger partial charge in [-0.2, -0.15) is 5.10 Å². The highest BCUT2D eigenvalue weighted by molar-refractivity contribution is 6.32. The monoisotopic (exact) mass is 681 g/mol. The number of morpholine rings is 1. The number of methoxy groups -OCH3 is 1. The lowest BCUT2D eigenvalue weighted by atomic mass is 9.90. The van der Waals surface area contributed by atoms with Crippen molar-refractivity contribution in [2.24, 2.45) is 0 Å². The molecule has 14 nitrogen and oxygen atoms in total. The van der Waals surface area contributed by atoms with Crippen LogP contribution >= 0.6 is 11.6 Å². The van der Waals surface area contributed by atoms with Crippen molar-refractivity contribution < 1.29 is 23.7 Å². The molecule has 4 heterocycles. The summed E-state index contributed by atoms with van der Waals surface area (Å²) in [4.78, 5) is 15.9. The van der Waals surface area contributed by atoms with Gasteiger partial charge in [0.25, 0.3) is 5.88 Å². The zero-order valence-electron chi connectivity index (χ0n) is 27.5. The first-order valence-corrected chi connectivity index (χ1v) is 16.9. The second kappa shape index (κ2) is 17.0. The Morgan fingerprint density at radius 2 is 1.85 bits per heavy atom. The quantitative estimate of drug-likeness (QED) is 0.165. The molecule has 1 N–H and O–H groups in total. The van der Waals surface area contributed by atoms with Crippen molar-refractivity contribution in [3.8, 4) is 22.9 Å². The third-order valence-electron chi connectivity index (χ3n) is 8.57. The van der Waals surface area contributed by atoms with Gasteiger partial charge in [-0.25, -0.2) is 19.6 Å². The molecule has 0 amide bonds. The highest BCUT2D eigenvalue weighted by Crippen LogP contribution is 2.35. The average molecular weight is 682 g/mol. The molecule has 1 aliphatic carbocycles. The van der Waals surface area contributed by atoms with Crippen LogP contribution in [0.2, 0.25) is 5.02 Å². The first kappa shape index (κ1) is 34.1. The lowest BCUT2D eigenvalue weighted by Gasteiger charge is -2.38. The summed E-state index contributed by atoms with van der Waals surface area (Å²) < 4.78 is 32.3. The van der Waals surface area contributed by atoms with Gasteiger partial charge in [0.15, 0.2) is 0 Å². The zero-order chi connectivity index (χ0) is 33.1. The molecule has 1 aromatic carbocycles. The van der Waals surface area contributed by atoms with Crippen LogP contribution < -0.4 is 14.8 Å². The number of halogens is 1. The van der Waals surface area contributed by atoms with Gasteiger partial charge in [-0.1, -0.05) is 17.7 Å². The maximum atomic E-state index is 6.51. The molecule has 4 aromatic rings. The van der Waals surface area contributed by atoms with E-state index in [-0.39, 0.29) is 12.1 Å². The molecule has 6 rings (SSSR count). The first-order chi connectivity index (χ1) is 23.6. The predicted molar refractivity (Wildman–Crippen MR) is 180 cm³/mol. The Kier molecular flexibility index (Phi) is 12.1. The van der Waals surface area contributed by atoms with Gasteiger partial charge in [-0.3, -0.25) is 9.58 Å². The maximum Gasteiger partial charge on any atom is 0.257 e. The molecule has 1 saturated heterocycles. The van der Waals surface area contributed by atoms with E-state index < -0.39 is 0 Å². The molecule has 1 saturated carbocycles. The molecular weight excluding hydrogens is 638 g/mol. The molecule has 48 heavy (non-hydrogen) atoms. The average Bonchev–Trinajstić information content (AvgIpc) is 3.78. The summed E-state index contributed by atoms with van der Waals surface area (Å²) in [6.45, 7) is 7.98. The second-order valence-electron chi connectivity index (χ2n) is 12.0. The molecule has 1 aliphatic heterocycles. The SMILES string of the molecule is COCCOCCOc1nn(C2CCC(N3CCOCC3)CC2)cc1Nc1nccc(-c2ccc(Cl)c(O[C@@H](C)Cn3cncn3)c2)n1. The second-order valence-corrected chi connectivity index (χ2v) is 12.4. The highest BCUT2D eigenvalue weighted by atomic mass is 35.5. The number of rotatable bonds is 16. The molecule has 0 spiro atoms. The van der Waals surface area contributed by atoms with Crippen LogP contribution in [0.25, 0.3) is 11.3 Å². The van der Waals surface area contributed by atoms with Crippen LogP contribution in [-0.4, -0.2) is 111 Å². The van der Waals surface area contributed by atoms with Gasteiger partial charge in [-0.15, -0.1) is 5.10 Å². The van der Waals surface area contributed by atoms with E-state index in [0.717, 1.165) is 57.6 Å².